The highest BCUT2D eigenvalue weighted by atomic mass is 127. The molecule has 176 valence electrons. The van der Waals surface area contributed by atoms with Crippen molar-refractivity contribution in [2.75, 3.05) is 79.3 Å². The van der Waals surface area contributed by atoms with Gasteiger partial charge in [0.1, 0.15) is 0 Å². The molecular formula is C22H44IN5O2. The maximum atomic E-state index is 5.53. The van der Waals surface area contributed by atoms with Crippen LogP contribution in [-0.2, 0) is 9.47 Å². The van der Waals surface area contributed by atoms with Gasteiger partial charge < -0.3 is 29.9 Å². The first kappa shape index (κ1) is 26.1. The van der Waals surface area contributed by atoms with Crippen LogP contribution in [0.1, 0.15) is 39.0 Å². The van der Waals surface area contributed by atoms with Gasteiger partial charge in [-0.15, -0.1) is 24.0 Å². The van der Waals surface area contributed by atoms with Crippen LogP contribution in [0.15, 0.2) is 4.99 Å². The SMILES string of the molecule is CCNC(=NCC1CCN(CCOC)CC1)NC1CCN(CC2CCOC2)CC1.I. The molecule has 2 N–H and O–H groups in total. The smallest absolute Gasteiger partial charge is 0.191 e. The van der Waals surface area contributed by atoms with Gasteiger partial charge in [0.25, 0.3) is 0 Å². The Balaban J connectivity index is 0.00000320. The number of ether oxygens (including phenoxy) is 2. The molecule has 0 saturated carbocycles. The van der Waals surface area contributed by atoms with Crippen LogP contribution in [0, 0.1) is 11.8 Å². The molecule has 3 saturated heterocycles. The van der Waals surface area contributed by atoms with Crippen molar-refractivity contribution >= 4 is 29.9 Å². The Bertz CT molecular complexity index is 474. The van der Waals surface area contributed by atoms with Crippen LogP contribution in [0.25, 0.3) is 0 Å². The van der Waals surface area contributed by atoms with E-state index in [1.54, 1.807) is 7.11 Å². The summed E-state index contributed by atoms with van der Waals surface area (Å²) in [5.41, 5.74) is 0. The first-order valence-corrected chi connectivity index (χ1v) is 11.8. The lowest BCUT2D eigenvalue weighted by Gasteiger charge is -2.34. The van der Waals surface area contributed by atoms with E-state index in [2.05, 4.69) is 27.4 Å². The minimum atomic E-state index is 0. The Morgan fingerprint density at radius 1 is 1.03 bits per heavy atom. The zero-order chi connectivity index (χ0) is 20.3. The Kier molecular flexibility index (Phi) is 12.9. The molecule has 0 radical (unpaired) electrons. The van der Waals surface area contributed by atoms with Gasteiger partial charge in [-0.1, -0.05) is 0 Å². The van der Waals surface area contributed by atoms with Crippen molar-refractivity contribution in [3.8, 4) is 0 Å². The van der Waals surface area contributed by atoms with E-state index in [-0.39, 0.29) is 24.0 Å². The molecule has 3 aliphatic rings. The van der Waals surface area contributed by atoms with Crippen molar-refractivity contribution in [3.63, 3.8) is 0 Å². The normalized spacial score (nSPS) is 25.3. The predicted molar refractivity (Wildman–Crippen MR) is 134 cm³/mol. The molecule has 0 amide bonds. The van der Waals surface area contributed by atoms with Gasteiger partial charge in [-0.2, -0.15) is 0 Å². The summed E-state index contributed by atoms with van der Waals surface area (Å²) < 4.78 is 10.7. The van der Waals surface area contributed by atoms with Gasteiger partial charge in [0.05, 0.1) is 13.2 Å². The zero-order valence-electron chi connectivity index (χ0n) is 19.1. The first-order valence-electron chi connectivity index (χ1n) is 11.8. The number of likely N-dealkylation sites (tertiary alicyclic amines) is 2. The van der Waals surface area contributed by atoms with Crippen molar-refractivity contribution < 1.29 is 9.47 Å². The van der Waals surface area contributed by atoms with Crippen LogP contribution in [-0.4, -0.2) is 101 Å². The molecule has 3 heterocycles. The summed E-state index contributed by atoms with van der Waals surface area (Å²) in [7, 11) is 1.78. The number of nitrogens with one attached hydrogen (secondary N) is 2. The van der Waals surface area contributed by atoms with E-state index in [1.165, 1.54) is 64.8 Å². The van der Waals surface area contributed by atoms with Crippen LogP contribution < -0.4 is 10.6 Å². The summed E-state index contributed by atoms with van der Waals surface area (Å²) >= 11 is 0. The number of hydrogen-bond acceptors (Lipinski definition) is 5. The van der Waals surface area contributed by atoms with E-state index < -0.39 is 0 Å². The number of methoxy groups -OCH3 is 1. The van der Waals surface area contributed by atoms with E-state index in [0.29, 0.717) is 12.0 Å². The van der Waals surface area contributed by atoms with E-state index in [4.69, 9.17) is 14.5 Å². The maximum absolute atomic E-state index is 5.53. The number of hydrogen-bond donors (Lipinski definition) is 2. The minimum Gasteiger partial charge on any atom is -0.383 e. The molecule has 1 unspecified atom stereocenters. The molecule has 30 heavy (non-hydrogen) atoms. The van der Waals surface area contributed by atoms with Crippen LogP contribution in [0.5, 0.6) is 0 Å². The standard InChI is InChI=1S/C22H43N5O2.HI/c1-3-23-22(24-16-19-4-9-26(10-5-19)13-15-28-2)25-21-6-11-27(12-7-21)17-20-8-14-29-18-20;/h19-21H,3-18H2,1-2H3,(H2,23,24,25);1H. The molecule has 0 aromatic rings. The number of guanidine groups is 1. The Hall–Kier alpha value is -0.160. The summed E-state index contributed by atoms with van der Waals surface area (Å²) in [6.45, 7) is 13.8. The number of aliphatic imine (C=N–C) groups is 1. The summed E-state index contributed by atoms with van der Waals surface area (Å²) in [5.74, 6) is 2.47. The van der Waals surface area contributed by atoms with Gasteiger partial charge in [0.2, 0.25) is 0 Å². The molecule has 8 heteroatoms. The van der Waals surface area contributed by atoms with Gasteiger partial charge >= 0.3 is 0 Å². The monoisotopic (exact) mass is 537 g/mol. The predicted octanol–water partition coefficient (Wildman–Crippen LogP) is 2.02. The van der Waals surface area contributed by atoms with Gasteiger partial charge in [-0.3, -0.25) is 4.99 Å². The minimum absolute atomic E-state index is 0. The maximum Gasteiger partial charge on any atom is 0.191 e. The molecule has 3 fully saturated rings. The van der Waals surface area contributed by atoms with E-state index in [9.17, 15) is 0 Å². The summed E-state index contributed by atoms with van der Waals surface area (Å²) in [5, 5.41) is 7.17. The van der Waals surface area contributed by atoms with Crippen LogP contribution in [0.4, 0.5) is 0 Å². The van der Waals surface area contributed by atoms with Gasteiger partial charge in [0.15, 0.2) is 5.96 Å². The van der Waals surface area contributed by atoms with Crippen LogP contribution in [0.3, 0.4) is 0 Å². The third-order valence-corrected chi connectivity index (χ3v) is 6.64. The third-order valence-electron chi connectivity index (χ3n) is 6.64. The summed E-state index contributed by atoms with van der Waals surface area (Å²) in [6, 6.07) is 0.541. The fourth-order valence-electron chi connectivity index (χ4n) is 4.70. The Labute approximate surface area is 200 Å². The zero-order valence-corrected chi connectivity index (χ0v) is 21.4. The van der Waals surface area contributed by atoms with Gasteiger partial charge in [0, 0.05) is 59.0 Å². The van der Waals surface area contributed by atoms with Crippen LogP contribution >= 0.6 is 24.0 Å². The van der Waals surface area contributed by atoms with Gasteiger partial charge in [-0.05, 0) is 64.0 Å². The van der Waals surface area contributed by atoms with E-state index >= 15 is 0 Å². The number of rotatable bonds is 9. The molecular weight excluding hydrogens is 493 g/mol. The lowest BCUT2D eigenvalue weighted by molar-refractivity contribution is 0.121. The average Bonchev–Trinajstić information content (AvgIpc) is 3.26. The lowest BCUT2D eigenvalue weighted by atomic mass is 9.97. The molecule has 0 aromatic heterocycles. The van der Waals surface area contributed by atoms with Crippen molar-refractivity contribution in [1.29, 1.82) is 0 Å². The second-order valence-electron chi connectivity index (χ2n) is 8.95. The van der Waals surface area contributed by atoms with E-state index in [0.717, 1.165) is 51.3 Å². The lowest BCUT2D eigenvalue weighted by Crippen LogP contribution is -2.49. The molecule has 1 atom stereocenters. The fraction of sp³-hybridized carbons (Fsp3) is 0.955. The topological polar surface area (TPSA) is 61.4 Å². The van der Waals surface area contributed by atoms with Crippen molar-refractivity contribution in [2.45, 2.75) is 45.1 Å². The van der Waals surface area contributed by atoms with Crippen LogP contribution in [0.2, 0.25) is 0 Å². The average molecular weight is 538 g/mol. The number of piperidine rings is 2. The summed E-state index contributed by atoms with van der Waals surface area (Å²) in [4.78, 5) is 10.1. The largest absolute Gasteiger partial charge is 0.383 e. The Morgan fingerprint density at radius 2 is 1.77 bits per heavy atom. The van der Waals surface area contributed by atoms with Crippen molar-refractivity contribution in [3.05, 3.63) is 0 Å². The molecule has 0 aromatic carbocycles. The highest BCUT2D eigenvalue weighted by Crippen LogP contribution is 2.19. The second kappa shape index (κ2) is 14.8. The quantitative estimate of drug-likeness (QED) is 0.267. The van der Waals surface area contributed by atoms with Crippen molar-refractivity contribution in [1.82, 2.24) is 20.4 Å². The second-order valence-corrected chi connectivity index (χ2v) is 8.95. The molecule has 0 bridgehead atoms. The fourth-order valence-corrected chi connectivity index (χ4v) is 4.70. The molecule has 3 aliphatic heterocycles. The van der Waals surface area contributed by atoms with Gasteiger partial charge in [-0.25, -0.2) is 0 Å². The summed E-state index contributed by atoms with van der Waals surface area (Å²) in [6.07, 6.45) is 6.14. The third kappa shape index (κ3) is 9.14. The molecule has 3 rings (SSSR count). The Morgan fingerprint density at radius 3 is 2.40 bits per heavy atom. The first-order chi connectivity index (χ1) is 14.3. The molecule has 7 nitrogen and oxygen atoms in total. The highest BCUT2D eigenvalue weighted by Gasteiger charge is 2.24. The highest BCUT2D eigenvalue weighted by molar-refractivity contribution is 14.0. The van der Waals surface area contributed by atoms with Crippen molar-refractivity contribution in [2.24, 2.45) is 16.8 Å². The molecule has 0 aliphatic carbocycles. The number of nitrogens with zero attached hydrogens (tertiary/aromatic N) is 3. The molecule has 0 spiro atoms. The van der Waals surface area contributed by atoms with E-state index in [1.807, 2.05) is 0 Å². The number of halogens is 1.